The molecule has 2 heterocycles. The molecule has 0 amide bonds. The van der Waals surface area contributed by atoms with Crippen LogP contribution in [-0.2, 0) is 6.54 Å². The van der Waals surface area contributed by atoms with Crippen LogP contribution in [-0.4, -0.2) is 22.5 Å². The lowest BCUT2D eigenvalue weighted by Gasteiger charge is -2.13. The molecular weight excluding hydrogens is 288 g/mol. The number of hydrogen-bond acceptors (Lipinski definition) is 4. The van der Waals surface area contributed by atoms with E-state index in [-0.39, 0.29) is 6.10 Å². The largest absolute Gasteiger partial charge is 0.491 e. The van der Waals surface area contributed by atoms with Gasteiger partial charge < -0.3 is 15.8 Å². The van der Waals surface area contributed by atoms with Crippen LogP contribution in [0.15, 0.2) is 42.7 Å². The van der Waals surface area contributed by atoms with Gasteiger partial charge in [-0.15, -0.1) is 0 Å². The number of hydrogen-bond donors (Lipinski definition) is 2. The van der Waals surface area contributed by atoms with Crippen molar-refractivity contribution in [3.05, 3.63) is 48.3 Å². The van der Waals surface area contributed by atoms with Crippen molar-refractivity contribution in [2.45, 2.75) is 26.5 Å². The normalized spacial score (nSPS) is 11.2. The Morgan fingerprint density at radius 3 is 2.83 bits per heavy atom. The second-order valence-electron chi connectivity index (χ2n) is 5.74. The van der Waals surface area contributed by atoms with Gasteiger partial charge in [0.05, 0.1) is 18.0 Å². The molecule has 3 N–H and O–H groups in total. The van der Waals surface area contributed by atoms with E-state index in [1.54, 1.807) is 0 Å². The lowest BCUT2D eigenvalue weighted by molar-refractivity contribution is 0.242. The molecule has 1 aromatic carbocycles. The highest BCUT2D eigenvalue weighted by molar-refractivity contribution is 5.71. The molecule has 0 aliphatic rings. The van der Waals surface area contributed by atoms with Crippen molar-refractivity contribution in [3.63, 3.8) is 0 Å². The summed E-state index contributed by atoms with van der Waals surface area (Å²) in [4.78, 5) is 4.53. The first-order valence-electron chi connectivity index (χ1n) is 7.77. The van der Waals surface area contributed by atoms with Gasteiger partial charge in [-0.05, 0) is 32.0 Å². The first-order chi connectivity index (χ1) is 11.1. The molecule has 3 rings (SSSR count). The van der Waals surface area contributed by atoms with Gasteiger partial charge in [0.2, 0.25) is 0 Å². The molecule has 0 spiro atoms. The smallest absolute Gasteiger partial charge is 0.141 e. The van der Waals surface area contributed by atoms with E-state index in [4.69, 9.17) is 10.5 Å². The number of aromatic nitrogens is 2. The molecule has 0 atom stereocenters. The second-order valence-corrected chi connectivity index (χ2v) is 5.74. The molecule has 0 fully saturated rings. The number of fused-ring (bicyclic) bond motifs is 1. The maximum Gasteiger partial charge on any atom is 0.141 e. The third-order valence-corrected chi connectivity index (χ3v) is 3.70. The topological polar surface area (TPSA) is 64.6 Å². The molecule has 120 valence electrons. The minimum Gasteiger partial charge on any atom is -0.491 e. The summed E-state index contributed by atoms with van der Waals surface area (Å²) in [5, 5.41) is 3.18. The summed E-state index contributed by atoms with van der Waals surface area (Å²) in [6.45, 7) is 4.51. The number of pyridine rings is 1. The van der Waals surface area contributed by atoms with Gasteiger partial charge in [-0.1, -0.05) is 6.07 Å². The number of nitrogens with two attached hydrogens (primary N) is 1. The summed E-state index contributed by atoms with van der Waals surface area (Å²) in [7, 11) is 1.90. The lowest BCUT2D eigenvalue weighted by Crippen LogP contribution is -2.06. The molecule has 0 aliphatic carbocycles. The van der Waals surface area contributed by atoms with E-state index in [0.29, 0.717) is 6.54 Å². The predicted molar refractivity (Wildman–Crippen MR) is 93.8 cm³/mol. The van der Waals surface area contributed by atoms with Crippen molar-refractivity contribution in [2.24, 2.45) is 5.73 Å². The summed E-state index contributed by atoms with van der Waals surface area (Å²) in [6.07, 6.45) is 4.01. The molecule has 2 aromatic heterocycles. The van der Waals surface area contributed by atoms with Crippen molar-refractivity contribution < 1.29 is 4.74 Å². The van der Waals surface area contributed by atoms with E-state index in [2.05, 4.69) is 20.8 Å². The number of benzene rings is 1. The van der Waals surface area contributed by atoms with Crippen molar-refractivity contribution in [3.8, 4) is 17.0 Å². The van der Waals surface area contributed by atoms with Crippen molar-refractivity contribution >= 4 is 11.3 Å². The van der Waals surface area contributed by atoms with Crippen molar-refractivity contribution in [1.82, 2.24) is 9.38 Å². The molecule has 0 radical (unpaired) electrons. The SMILES string of the molecule is CNc1cc(OC(C)C)cc(-c2cnc3c(CN)cccn23)c1. The highest BCUT2D eigenvalue weighted by atomic mass is 16.5. The third-order valence-electron chi connectivity index (χ3n) is 3.70. The van der Waals surface area contributed by atoms with E-state index in [0.717, 1.165) is 33.9 Å². The standard InChI is InChI=1S/C18H22N4O/c1-12(2)23-16-8-14(7-15(9-16)20-3)17-11-21-18-13(10-19)5-4-6-22(17)18/h4-9,11-12,20H,10,19H2,1-3H3. The zero-order chi connectivity index (χ0) is 16.4. The molecule has 0 unspecified atom stereocenters. The van der Waals surface area contributed by atoms with E-state index < -0.39 is 0 Å². The number of anilines is 1. The molecule has 0 saturated carbocycles. The van der Waals surface area contributed by atoms with E-state index in [9.17, 15) is 0 Å². The second kappa shape index (κ2) is 6.30. The lowest BCUT2D eigenvalue weighted by atomic mass is 10.1. The zero-order valence-electron chi connectivity index (χ0n) is 13.7. The monoisotopic (exact) mass is 310 g/mol. The highest BCUT2D eigenvalue weighted by Gasteiger charge is 2.11. The summed E-state index contributed by atoms with van der Waals surface area (Å²) < 4.78 is 7.93. The first-order valence-corrected chi connectivity index (χ1v) is 7.77. The van der Waals surface area contributed by atoms with E-state index in [1.165, 1.54) is 0 Å². The molecule has 0 bridgehead atoms. The maximum absolute atomic E-state index is 5.86. The summed E-state index contributed by atoms with van der Waals surface area (Å²) in [6, 6.07) is 10.1. The Balaban J connectivity index is 2.14. The maximum atomic E-state index is 5.86. The third kappa shape index (κ3) is 3.00. The molecule has 5 heteroatoms. The van der Waals surface area contributed by atoms with Gasteiger partial charge in [0, 0.05) is 42.7 Å². The number of rotatable bonds is 5. The average molecular weight is 310 g/mol. The van der Waals surface area contributed by atoms with Gasteiger partial charge in [-0.25, -0.2) is 4.98 Å². The fourth-order valence-electron chi connectivity index (χ4n) is 2.67. The number of imidazole rings is 1. The number of nitrogens with one attached hydrogen (secondary N) is 1. The quantitative estimate of drug-likeness (QED) is 0.759. The fraction of sp³-hybridized carbons (Fsp3) is 0.278. The van der Waals surface area contributed by atoms with Crippen LogP contribution < -0.4 is 15.8 Å². The van der Waals surface area contributed by atoms with Crippen LogP contribution in [0, 0.1) is 0 Å². The average Bonchev–Trinajstić information content (AvgIpc) is 2.97. The van der Waals surface area contributed by atoms with Gasteiger partial charge in [0.1, 0.15) is 11.4 Å². The zero-order valence-corrected chi connectivity index (χ0v) is 13.7. The molecule has 0 saturated heterocycles. The van der Waals surface area contributed by atoms with Gasteiger partial charge in [-0.3, -0.25) is 4.40 Å². The minimum atomic E-state index is 0.126. The molecular formula is C18H22N4O. The van der Waals surface area contributed by atoms with Crippen LogP contribution >= 0.6 is 0 Å². The molecule has 3 aromatic rings. The number of ether oxygens (including phenoxy) is 1. The molecule has 0 aliphatic heterocycles. The Morgan fingerprint density at radius 2 is 2.13 bits per heavy atom. The van der Waals surface area contributed by atoms with Crippen LogP contribution in [0.3, 0.4) is 0 Å². The Kier molecular flexibility index (Phi) is 4.21. The Bertz CT molecular complexity index is 823. The summed E-state index contributed by atoms with van der Waals surface area (Å²) >= 11 is 0. The predicted octanol–water partition coefficient (Wildman–Crippen LogP) is 3.29. The number of nitrogens with zero attached hydrogens (tertiary/aromatic N) is 2. The van der Waals surface area contributed by atoms with E-state index >= 15 is 0 Å². The van der Waals surface area contributed by atoms with Crippen LogP contribution in [0.2, 0.25) is 0 Å². The van der Waals surface area contributed by atoms with E-state index in [1.807, 2.05) is 57.6 Å². The Morgan fingerprint density at radius 1 is 1.30 bits per heavy atom. The van der Waals surface area contributed by atoms with Gasteiger partial charge in [0.15, 0.2) is 0 Å². The fourth-order valence-corrected chi connectivity index (χ4v) is 2.67. The minimum absolute atomic E-state index is 0.126. The van der Waals surface area contributed by atoms with Crippen LogP contribution in [0.4, 0.5) is 5.69 Å². The highest BCUT2D eigenvalue weighted by Crippen LogP contribution is 2.30. The summed E-state index contributed by atoms with van der Waals surface area (Å²) in [5.74, 6) is 0.840. The van der Waals surface area contributed by atoms with Crippen molar-refractivity contribution in [1.29, 1.82) is 0 Å². The molecule has 5 nitrogen and oxygen atoms in total. The molecule has 23 heavy (non-hydrogen) atoms. The Labute approximate surface area is 136 Å². The van der Waals surface area contributed by atoms with Crippen LogP contribution in [0.25, 0.3) is 16.9 Å². The first kappa shape index (κ1) is 15.4. The van der Waals surface area contributed by atoms with Gasteiger partial charge in [-0.2, -0.15) is 0 Å². The summed E-state index contributed by atoms with van der Waals surface area (Å²) in [5.41, 5.74) is 10.8. The van der Waals surface area contributed by atoms with Crippen molar-refractivity contribution in [2.75, 3.05) is 12.4 Å². The van der Waals surface area contributed by atoms with Crippen LogP contribution in [0.5, 0.6) is 5.75 Å². The Hall–Kier alpha value is -2.53. The van der Waals surface area contributed by atoms with Crippen LogP contribution in [0.1, 0.15) is 19.4 Å². The van der Waals surface area contributed by atoms with Gasteiger partial charge in [0.25, 0.3) is 0 Å². The van der Waals surface area contributed by atoms with Gasteiger partial charge >= 0.3 is 0 Å².